The summed E-state index contributed by atoms with van der Waals surface area (Å²) in [5.41, 5.74) is -0.425. The van der Waals surface area contributed by atoms with Crippen molar-refractivity contribution in [2.24, 2.45) is 17.3 Å². The first kappa shape index (κ1) is 16.0. The Balaban J connectivity index is 2.86. The first-order valence-electron chi connectivity index (χ1n) is 6.99. The molecule has 1 saturated carbocycles. The van der Waals surface area contributed by atoms with Crippen LogP contribution in [-0.2, 0) is 14.3 Å². The van der Waals surface area contributed by atoms with Gasteiger partial charge in [0.15, 0.2) is 0 Å². The molecule has 2 atom stereocenters. The second-order valence-corrected chi connectivity index (χ2v) is 7.09. The molecule has 4 heteroatoms. The molecule has 0 amide bonds. The summed E-state index contributed by atoms with van der Waals surface area (Å²) in [4.78, 5) is 22.3. The van der Waals surface area contributed by atoms with E-state index in [0.29, 0.717) is 11.8 Å². The molecule has 0 aromatic carbocycles. The van der Waals surface area contributed by atoms with Gasteiger partial charge in [-0.25, -0.2) is 0 Å². The monoisotopic (exact) mass is 270 g/mol. The van der Waals surface area contributed by atoms with E-state index in [2.05, 4.69) is 27.7 Å². The van der Waals surface area contributed by atoms with Gasteiger partial charge >= 0.3 is 11.9 Å². The molecule has 0 heterocycles. The minimum absolute atomic E-state index is 0.129. The van der Waals surface area contributed by atoms with E-state index >= 15 is 0 Å². The molecule has 2 unspecified atom stereocenters. The fourth-order valence-electron chi connectivity index (χ4n) is 3.59. The summed E-state index contributed by atoms with van der Waals surface area (Å²) in [5.74, 6) is -1.06. The van der Waals surface area contributed by atoms with Gasteiger partial charge in [0, 0.05) is 5.92 Å². The highest BCUT2D eigenvalue weighted by Crippen LogP contribution is 2.48. The van der Waals surface area contributed by atoms with Gasteiger partial charge in [0.2, 0.25) is 0 Å². The predicted molar refractivity (Wildman–Crippen MR) is 72.7 cm³/mol. The Morgan fingerprint density at radius 2 is 1.89 bits per heavy atom. The third-order valence-corrected chi connectivity index (χ3v) is 4.19. The smallest absolute Gasteiger partial charge is 0.317 e. The van der Waals surface area contributed by atoms with Crippen LogP contribution in [0.1, 0.15) is 60.3 Å². The molecule has 0 aliphatic heterocycles. The van der Waals surface area contributed by atoms with Gasteiger partial charge < -0.3 is 9.84 Å². The summed E-state index contributed by atoms with van der Waals surface area (Å²) >= 11 is 0. The fourth-order valence-corrected chi connectivity index (χ4v) is 3.59. The van der Waals surface area contributed by atoms with Gasteiger partial charge in [-0.05, 0) is 37.5 Å². The lowest BCUT2D eigenvalue weighted by Crippen LogP contribution is -2.49. The van der Waals surface area contributed by atoms with Crippen LogP contribution < -0.4 is 0 Å². The van der Waals surface area contributed by atoms with Crippen LogP contribution >= 0.6 is 0 Å². The summed E-state index contributed by atoms with van der Waals surface area (Å²) in [6.45, 7) is 10.6. The van der Waals surface area contributed by atoms with Gasteiger partial charge in [-0.3, -0.25) is 9.59 Å². The van der Waals surface area contributed by atoms with Gasteiger partial charge in [-0.1, -0.05) is 27.7 Å². The average Bonchev–Trinajstić information content (AvgIpc) is 2.11. The SMILES string of the molecule is CC(C)C1CCC(C)(C)CC1(C)OC(=O)CC(=O)O. The molecule has 19 heavy (non-hydrogen) atoms. The molecule has 0 saturated heterocycles. The van der Waals surface area contributed by atoms with Gasteiger partial charge in [-0.15, -0.1) is 0 Å². The second-order valence-electron chi connectivity index (χ2n) is 7.09. The number of carboxylic acid groups (broad SMARTS) is 1. The van der Waals surface area contributed by atoms with Crippen LogP contribution in [0.4, 0.5) is 0 Å². The second kappa shape index (κ2) is 5.51. The van der Waals surface area contributed by atoms with Crippen molar-refractivity contribution in [3.63, 3.8) is 0 Å². The fraction of sp³-hybridized carbons (Fsp3) is 0.867. The van der Waals surface area contributed by atoms with Gasteiger partial charge in [0.25, 0.3) is 0 Å². The number of esters is 1. The number of hydrogen-bond donors (Lipinski definition) is 1. The predicted octanol–water partition coefficient (Wildman–Crippen LogP) is 3.25. The van der Waals surface area contributed by atoms with E-state index in [4.69, 9.17) is 9.84 Å². The molecule has 0 aromatic heterocycles. The maximum absolute atomic E-state index is 11.7. The maximum Gasteiger partial charge on any atom is 0.317 e. The first-order valence-corrected chi connectivity index (χ1v) is 6.99. The molecular formula is C15H26O4. The summed E-state index contributed by atoms with van der Waals surface area (Å²) in [6.07, 6.45) is 2.36. The van der Waals surface area contributed by atoms with Crippen LogP contribution in [0.2, 0.25) is 0 Å². The van der Waals surface area contributed by atoms with Crippen LogP contribution in [-0.4, -0.2) is 22.6 Å². The van der Waals surface area contributed by atoms with Crippen molar-refractivity contribution >= 4 is 11.9 Å². The number of carbonyl (C=O) groups excluding carboxylic acids is 1. The minimum Gasteiger partial charge on any atom is -0.481 e. The Hall–Kier alpha value is -1.06. The van der Waals surface area contributed by atoms with Crippen molar-refractivity contribution in [2.75, 3.05) is 0 Å². The molecule has 1 fully saturated rings. The summed E-state index contributed by atoms with van der Waals surface area (Å²) in [5, 5.41) is 8.67. The van der Waals surface area contributed by atoms with Crippen LogP contribution in [0.25, 0.3) is 0 Å². The summed E-state index contributed by atoms with van der Waals surface area (Å²) in [7, 11) is 0. The van der Waals surface area contributed by atoms with Crippen LogP contribution in [0.5, 0.6) is 0 Å². The van der Waals surface area contributed by atoms with Crippen LogP contribution in [0.15, 0.2) is 0 Å². The molecule has 1 aliphatic carbocycles. The molecular weight excluding hydrogens is 244 g/mol. The van der Waals surface area contributed by atoms with Crippen molar-refractivity contribution in [3.8, 4) is 0 Å². The third-order valence-electron chi connectivity index (χ3n) is 4.19. The topological polar surface area (TPSA) is 63.6 Å². The molecule has 0 radical (unpaired) electrons. The van der Waals surface area contributed by atoms with Crippen molar-refractivity contribution in [2.45, 2.75) is 65.9 Å². The zero-order chi connectivity index (χ0) is 14.8. The Kier molecular flexibility index (Phi) is 4.64. The quantitative estimate of drug-likeness (QED) is 0.629. The Morgan fingerprint density at radius 1 is 1.32 bits per heavy atom. The first-order chi connectivity index (χ1) is 8.56. The Labute approximate surface area is 115 Å². The number of ether oxygens (including phenoxy) is 1. The molecule has 4 nitrogen and oxygen atoms in total. The number of carboxylic acids is 1. The molecule has 0 spiro atoms. The van der Waals surface area contributed by atoms with Crippen molar-refractivity contribution in [1.82, 2.24) is 0 Å². The molecule has 1 rings (SSSR count). The largest absolute Gasteiger partial charge is 0.481 e. The molecule has 0 bridgehead atoms. The minimum atomic E-state index is -1.13. The number of rotatable bonds is 4. The highest BCUT2D eigenvalue weighted by molar-refractivity contribution is 5.90. The number of hydrogen-bond acceptors (Lipinski definition) is 3. The lowest BCUT2D eigenvalue weighted by molar-refractivity contribution is -0.179. The van der Waals surface area contributed by atoms with Crippen molar-refractivity contribution in [1.29, 1.82) is 0 Å². The number of carbonyl (C=O) groups is 2. The Bertz CT molecular complexity index is 359. The zero-order valence-electron chi connectivity index (χ0n) is 12.7. The van der Waals surface area contributed by atoms with Crippen molar-refractivity contribution in [3.05, 3.63) is 0 Å². The van der Waals surface area contributed by atoms with Gasteiger partial charge in [-0.2, -0.15) is 0 Å². The van der Waals surface area contributed by atoms with Crippen LogP contribution in [0.3, 0.4) is 0 Å². The average molecular weight is 270 g/mol. The summed E-state index contributed by atoms with van der Waals surface area (Å²) in [6, 6.07) is 0. The van der Waals surface area contributed by atoms with E-state index in [0.717, 1.165) is 19.3 Å². The lowest BCUT2D eigenvalue weighted by atomic mass is 9.62. The van der Waals surface area contributed by atoms with E-state index in [9.17, 15) is 9.59 Å². The summed E-state index contributed by atoms with van der Waals surface area (Å²) < 4.78 is 5.58. The lowest BCUT2D eigenvalue weighted by Gasteiger charge is -2.49. The third kappa shape index (κ3) is 4.22. The van der Waals surface area contributed by atoms with E-state index in [1.807, 2.05) is 6.92 Å². The molecule has 0 aromatic rings. The van der Waals surface area contributed by atoms with Gasteiger partial charge in [0.1, 0.15) is 12.0 Å². The van der Waals surface area contributed by atoms with Crippen molar-refractivity contribution < 1.29 is 19.4 Å². The van der Waals surface area contributed by atoms with Gasteiger partial charge in [0.05, 0.1) is 0 Å². The van der Waals surface area contributed by atoms with E-state index in [1.165, 1.54) is 0 Å². The van der Waals surface area contributed by atoms with E-state index < -0.39 is 24.0 Å². The molecule has 1 aliphatic rings. The Morgan fingerprint density at radius 3 is 2.37 bits per heavy atom. The van der Waals surface area contributed by atoms with Crippen LogP contribution in [0, 0.1) is 17.3 Å². The van der Waals surface area contributed by atoms with E-state index in [-0.39, 0.29) is 5.41 Å². The van der Waals surface area contributed by atoms with E-state index in [1.54, 1.807) is 0 Å². The molecule has 110 valence electrons. The zero-order valence-corrected chi connectivity index (χ0v) is 12.7. The highest BCUT2D eigenvalue weighted by atomic mass is 16.6. The standard InChI is InChI=1S/C15H26O4/c1-10(2)11-6-7-14(3,4)9-15(11,5)19-13(18)8-12(16)17/h10-11H,6-9H2,1-5H3,(H,16,17). The maximum atomic E-state index is 11.7. The number of aliphatic carboxylic acids is 1. The normalized spacial score (nSPS) is 30.1. The highest BCUT2D eigenvalue weighted by Gasteiger charge is 2.47. The molecule has 1 N–H and O–H groups in total.